The normalized spacial score (nSPS) is 11.0. The van der Waals surface area contributed by atoms with Crippen LogP contribution in [-0.4, -0.2) is 10.9 Å². The zero-order chi connectivity index (χ0) is 15.9. The number of rotatable bonds is 5. The first-order chi connectivity index (χ1) is 10.6. The summed E-state index contributed by atoms with van der Waals surface area (Å²) in [5.74, 6) is -0.707. The van der Waals surface area contributed by atoms with E-state index in [0.29, 0.717) is 17.5 Å². The third kappa shape index (κ3) is 4.29. The topological polar surface area (TPSA) is 61.1 Å². The maximum atomic E-state index is 12.8. The molecule has 0 fully saturated rings. The first-order valence-electron chi connectivity index (χ1n) is 6.77. The molecule has 110 valence electrons. The van der Waals surface area contributed by atoms with E-state index >= 15 is 0 Å². The number of halogens is 1. The van der Waals surface area contributed by atoms with Gasteiger partial charge in [0.15, 0.2) is 5.78 Å². The molecule has 0 aromatic heterocycles. The van der Waals surface area contributed by atoms with Crippen molar-refractivity contribution in [2.45, 2.75) is 12.8 Å². The van der Waals surface area contributed by atoms with Crippen LogP contribution in [0.4, 0.5) is 4.39 Å². The monoisotopic (exact) mass is 295 g/mol. The van der Waals surface area contributed by atoms with Crippen molar-refractivity contribution in [1.29, 1.82) is 5.26 Å². The Bertz CT molecular complexity index is 742. The van der Waals surface area contributed by atoms with Crippen LogP contribution in [0.15, 0.2) is 60.4 Å². The summed E-state index contributed by atoms with van der Waals surface area (Å²) in [5, 5.41) is 18.6. The van der Waals surface area contributed by atoms with Gasteiger partial charge in [0.25, 0.3) is 0 Å². The molecule has 0 amide bonds. The lowest BCUT2D eigenvalue weighted by molar-refractivity contribution is 0.104. The largest absolute Gasteiger partial charge is 0.512 e. The van der Waals surface area contributed by atoms with Gasteiger partial charge in [-0.15, -0.1) is 0 Å². The van der Waals surface area contributed by atoms with E-state index in [4.69, 9.17) is 5.26 Å². The highest BCUT2D eigenvalue weighted by molar-refractivity contribution is 6.04. The van der Waals surface area contributed by atoms with E-state index in [9.17, 15) is 14.3 Å². The number of nitriles is 1. The van der Waals surface area contributed by atoms with E-state index in [1.165, 1.54) is 18.2 Å². The highest BCUT2D eigenvalue weighted by Crippen LogP contribution is 2.11. The summed E-state index contributed by atoms with van der Waals surface area (Å²) in [6, 6.07) is 14.2. The number of hydrogen-bond acceptors (Lipinski definition) is 3. The number of ketones is 1. The number of benzene rings is 2. The standard InChI is InChI=1S/C18H14FNO2/c19-16-7-4-13(5-8-16)6-9-17(21)11-18(22)15-3-1-2-14(10-15)12-20/h1-5,7-8,10-11,21H,6,9H2/b17-11-. The van der Waals surface area contributed by atoms with Gasteiger partial charge in [-0.3, -0.25) is 4.79 Å². The molecule has 2 rings (SSSR count). The highest BCUT2D eigenvalue weighted by atomic mass is 19.1. The van der Waals surface area contributed by atoms with Gasteiger partial charge in [0, 0.05) is 18.1 Å². The smallest absolute Gasteiger partial charge is 0.189 e. The molecule has 0 aliphatic rings. The molecule has 0 radical (unpaired) electrons. The number of allylic oxidation sites excluding steroid dienone is 2. The fourth-order valence-corrected chi connectivity index (χ4v) is 1.97. The Kier molecular flexibility index (Phi) is 5.05. The minimum absolute atomic E-state index is 0.0447. The summed E-state index contributed by atoms with van der Waals surface area (Å²) in [6.07, 6.45) is 1.95. The quantitative estimate of drug-likeness (QED) is 0.516. The molecule has 22 heavy (non-hydrogen) atoms. The lowest BCUT2D eigenvalue weighted by Gasteiger charge is -2.02. The summed E-state index contributed by atoms with van der Waals surface area (Å²) in [7, 11) is 0. The van der Waals surface area contributed by atoms with Crippen LogP contribution in [-0.2, 0) is 6.42 Å². The Morgan fingerprint density at radius 2 is 1.95 bits per heavy atom. The highest BCUT2D eigenvalue weighted by Gasteiger charge is 2.06. The molecule has 2 aromatic rings. The van der Waals surface area contributed by atoms with Gasteiger partial charge in [0.2, 0.25) is 0 Å². The van der Waals surface area contributed by atoms with Crippen LogP contribution in [0.2, 0.25) is 0 Å². The molecule has 0 aliphatic carbocycles. The first-order valence-corrected chi connectivity index (χ1v) is 6.77. The van der Waals surface area contributed by atoms with E-state index in [1.54, 1.807) is 30.3 Å². The van der Waals surface area contributed by atoms with Gasteiger partial charge in [0.05, 0.1) is 17.4 Å². The molecule has 1 N–H and O–H groups in total. The van der Waals surface area contributed by atoms with Gasteiger partial charge in [0.1, 0.15) is 5.82 Å². The summed E-state index contributed by atoms with van der Waals surface area (Å²) >= 11 is 0. The van der Waals surface area contributed by atoms with E-state index in [1.807, 2.05) is 6.07 Å². The van der Waals surface area contributed by atoms with Crippen LogP contribution >= 0.6 is 0 Å². The van der Waals surface area contributed by atoms with Crippen molar-refractivity contribution in [3.05, 3.63) is 82.9 Å². The van der Waals surface area contributed by atoms with Crippen LogP contribution in [0.25, 0.3) is 0 Å². The minimum Gasteiger partial charge on any atom is -0.512 e. The number of carbonyl (C=O) groups is 1. The maximum Gasteiger partial charge on any atom is 0.189 e. The van der Waals surface area contributed by atoms with Crippen LogP contribution < -0.4 is 0 Å². The van der Waals surface area contributed by atoms with E-state index in [0.717, 1.165) is 11.6 Å². The predicted molar refractivity (Wildman–Crippen MR) is 80.9 cm³/mol. The van der Waals surface area contributed by atoms with E-state index in [-0.39, 0.29) is 23.8 Å². The summed E-state index contributed by atoms with van der Waals surface area (Å²) in [5.41, 5.74) is 1.62. The predicted octanol–water partition coefficient (Wildman–Crippen LogP) is 3.95. The second-order valence-electron chi connectivity index (χ2n) is 4.82. The van der Waals surface area contributed by atoms with Crippen molar-refractivity contribution in [2.75, 3.05) is 0 Å². The molecular formula is C18H14FNO2. The second kappa shape index (κ2) is 7.19. The molecule has 3 nitrogen and oxygen atoms in total. The number of aliphatic hydroxyl groups is 1. The van der Waals surface area contributed by atoms with E-state index in [2.05, 4.69) is 0 Å². The second-order valence-corrected chi connectivity index (χ2v) is 4.82. The average Bonchev–Trinajstić information content (AvgIpc) is 2.54. The molecule has 0 saturated heterocycles. The van der Waals surface area contributed by atoms with Crippen LogP contribution in [0.3, 0.4) is 0 Å². The molecule has 0 unspecified atom stereocenters. The molecule has 0 spiro atoms. The molecular weight excluding hydrogens is 281 g/mol. The van der Waals surface area contributed by atoms with Crippen LogP contribution in [0, 0.1) is 17.1 Å². The Labute approximate surface area is 128 Å². The van der Waals surface area contributed by atoms with Gasteiger partial charge in [-0.1, -0.05) is 24.3 Å². The average molecular weight is 295 g/mol. The summed E-state index contributed by atoms with van der Waals surface area (Å²) in [4.78, 5) is 12.0. The van der Waals surface area contributed by atoms with E-state index < -0.39 is 0 Å². The minimum atomic E-state index is -0.353. The number of hydrogen-bond donors (Lipinski definition) is 1. The Morgan fingerprint density at radius 3 is 2.64 bits per heavy atom. The molecule has 4 heteroatoms. The zero-order valence-electron chi connectivity index (χ0n) is 11.8. The lowest BCUT2D eigenvalue weighted by atomic mass is 10.1. The molecule has 0 heterocycles. The van der Waals surface area contributed by atoms with Crippen molar-refractivity contribution in [3.8, 4) is 6.07 Å². The number of nitrogens with zero attached hydrogens (tertiary/aromatic N) is 1. The van der Waals surface area contributed by atoms with Crippen LogP contribution in [0.1, 0.15) is 27.9 Å². The number of aliphatic hydroxyl groups excluding tert-OH is 1. The zero-order valence-corrected chi connectivity index (χ0v) is 11.8. The number of carbonyl (C=O) groups excluding carboxylic acids is 1. The molecule has 2 aromatic carbocycles. The molecule has 0 saturated carbocycles. The Balaban J connectivity index is 2.00. The van der Waals surface area contributed by atoms with Crippen molar-refractivity contribution in [2.24, 2.45) is 0 Å². The summed E-state index contributed by atoms with van der Waals surface area (Å²) < 4.78 is 12.8. The molecule has 0 bridgehead atoms. The van der Waals surface area contributed by atoms with Crippen molar-refractivity contribution in [1.82, 2.24) is 0 Å². The third-order valence-electron chi connectivity index (χ3n) is 3.16. The van der Waals surface area contributed by atoms with Crippen molar-refractivity contribution < 1.29 is 14.3 Å². The van der Waals surface area contributed by atoms with Crippen molar-refractivity contribution in [3.63, 3.8) is 0 Å². The van der Waals surface area contributed by atoms with Gasteiger partial charge in [-0.05, 0) is 36.2 Å². The molecule has 0 aliphatic heterocycles. The fraction of sp³-hybridized carbons (Fsp3) is 0.111. The van der Waals surface area contributed by atoms with Crippen LogP contribution in [0.5, 0.6) is 0 Å². The lowest BCUT2D eigenvalue weighted by Crippen LogP contribution is -1.98. The van der Waals surface area contributed by atoms with Gasteiger partial charge in [-0.2, -0.15) is 5.26 Å². The number of aryl methyl sites for hydroxylation is 1. The Morgan fingerprint density at radius 1 is 1.23 bits per heavy atom. The van der Waals surface area contributed by atoms with Gasteiger partial charge >= 0.3 is 0 Å². The molecule has 0 atom stereocenters. The van der Waals surface area contributed by atoms with Gasteiger partial charge in [-0.25, -0.2) is 4.39 Å². The maximum absolute atomic E-state index is 12.8. The fourth-order valence-electron chi connectivity index (χ4n) is 1.97. The summed E-state index contributed by atoms with van der Waals surface area (Å²) in [6.45, 7) is 0. The first kappa shape index (κ1) is 15.5. The van der Waals surface area contributed by atoms with Gasteiger partial charge < -0.3 is 5.11 Å². The van der Waals surface area contributed by atoms with Crippen molar-refractivity contribution >= 4 is 5.78 Å². The third-order valence-corrected chi connectivity index (χ3v) is 3.16. The Hall–Kier alpha value is -2.93. The SMILES string of the molecule is N#Cc1cccc(C(=O)/C=C(\O)CCc2ccc(F)cc2)c1.